The number of amides is 2. The molecule has 0 atom stereocenters. The van der Waals surface area contributed by atoms with Gasteiger partial charge in [0.05, 0.1) is 12.8 Å². The van der Waals surface area contributed by atoms with Crippen molar-refractivity contribution in [3.05, 3.63) is 53.5 Å². The van der Waals surface area contributed by atoms with Crippen LogP contribution in [0.5, 0.6) is 0 Å². The molecule has 3 rings (SSSR count). The van der Waals surface area contributed by atoms with Gasteiger partial charge >= 0.3 is 6.03 Å². The second-order valence-corrected chi connectivity index (χ2v) is 6.39. The third-order valence-corrected chi connectivity index (χ3v) is 4.58. The number of carbonyl (C=O) groups excluding carboxylic acids is 2. The van der Waals surface area contributed by atoms with E-state index in [2.05, 4.69) is 5.32 Å². The molecule has 132 valence electrons. The minimum atomic E-state index is -0.0970. The number of benzene rings is 1. The van der Waals surface area contributed by atoms with Gasteiger partial charge in [0.2, 0.25) is 5.78 Å². The van der Waals surface area contributed by atoms with E-state index in [0.29, 0.717) is 38.5 Å². The Morgan fingerprint density at radius 3 is 2.48 bits per heavy atom. The number of Topliss-reactive ketones (excluding diaryl/α,β-unsaturated/α-hetero) is 1. The molecule has 0 radical (unpaired) electrons. The fraction of sp³-hybridized carbons (Fsp3) is 0.368. The first kappa shape index (κ1) is 17.2. The maximum atomic E-state index is 12.4. The summed E-state index contributed by atoms with van der Waals surface area (Å²) >= 11 is 0. The summed E-state index contributed by atoms with van der Waals surface area (Å²) in [6.45, 7) is 6.94. The van der Waals surface area contributed by atoms with Crippen LogP contribution in [0.25, 0.3) is 0 Å². The number of nitrogens with one attached hydrogen (secondary N) is 1. The van der Waals surface area contributed by atoms with Crippen LogP contribution in [0.1, 0.15) is 21.7 Å². The molecule has 1 fully saturated rings. The monoisotopic (exact) mass is 341 g/mol. The molecule has 2 aromatic rings. The number of rotatable bonds is 4. The van der Waals surface area contributed by atoms with E-state index in [1.54, 1.807) is 17.0 Å². The van der Waals surface area contributed by atoms with Crippen molar-refractivity contribution in [2.24, 2.45) is 0 Å². The van der Waals surface area contributed by atoms with Crippen LogP contribution >= 0.6 is 0 Å². The fourth-order valence-electron chi connectivity index (χ4n) is 2.85. The van der Waals surface area contributed by atoms with Crippen molar-refractivity contribution in [3.8, 4) is 0 Å². The SMILES string of the molecule is Cc1ccc(NC(=O)N2CCN(CC(=O)c3ccco3)CC2)cc1C. The van der Waals surface area contributed by atoms with Gasteiger partial charge in [0.15, 0.2) is 5.76 Å². The number of ketones is 1. The van der Waals surface area contributed by atoms with E-state index < -0.39 is 0 Å². The van der Waals surface area contributed by atoms with Crippen LogP contribution in [0.4, 0.5) is 10.5 Å². The van der Waals surface area contributed by atoms with Crippen LogP contribution in [0.2, 0.25) is 0 Å². The summed E-state index contributed by atoms with van der Waals surface area (Å²) in [4.78, 5) is 28.3. The predicted molar refractivity (Wildman–Crippen MR) is 96.0 cm³/mol. The summed E-state index contributed by atoms with van der Waals surface area (Å²) in [5.41, 5.74) is 3.16. The summed E-state index contributed by atoms with van der Waals surface area (Å²) in [6, 6.07) is 9.19. The van der Waals surface area contributed by atoms with Gasteiger partial charge in [-0.25, -0.2) is 4.79 Å². The Kier molecular flexibility index (Phi) is 5.19. The van der Waals surface area contributed by atoms with Crippen molar-refractivity contribution in [2.75, 3.05) is 38.0 Å². The van der Waals surface area contributed by atoms with Gasteiger partial charge in [0.1, 0.15) is 0 Å². The normalized spacial score (nSPS) is 15.2. The topological polar surface area (TPSA) is 65.8 Å². The minimum Gasteiger partial charge on any atom is -0.461 e. The molecule has 1 aromatic carbocycles. The van der Waals surface area contributed by atoms with E-state index in [1.807, 2.05) is 36.9 Å². The van der Waals surface area contributed by atoms with E-state index >= 15 is 0 Å². The number of hydrogen-bond donors (Lipinski definition) is 1. The van der Waals surface area contributed by atoms with E-state index in [0.717, 1.165) is 11.3 Å². The highest BCUT2D eigenvalue weighted by atomic mass is 16.3. The lowest BCUT2D eigenvalue weighted by atomic mass is 10.1. The van der Waals surface area contributed by atoms with Gasteiger partial charge in [-0.05, 0) is 49.2 Å². The summed E-state index contributed by atoms with van der Waals surface area (Å²) in [5.74, 6) is 0.355. The number of aryl methyl sites for hydroxylation is 2. The first-order valence-corrected chi connectivity index (χ1v) is 8.45. The summed E-state index contributed by atoms with van der Waals surface area (Å²) < 4.78 is 5.13. The lowest BCUT2D eigenvalue weighted by Crippen LogP contribution is -2.51. The van der Waals surface area contributed by atoms with Crippen molar-refractivity contribution in [1.29, 1.82) is 0 Å². The number of urea groups is 1. The van der Waals surface area contributed by atoms with Crippen molar-refractivity contribution in [1.82, 2.24) is 9.80 Å². The second-order valence-electron chi connectivity index (χ2n) is 6.39. The zero-order chi connectivity index (χ0) is 17.8. The molecule has 1 N–H and O–H groups in total. The van der Waals surface area contributed by atoms with E-state index in [4.69, 9.17) is 4.42 Å². The maximum Gasteiger partial charge on any atom is 0.321 e. The van der Waals surface area contributed by atoms with E-state index in [1.165, 1.54) is 11.8 Å². The van der Waals surface area contributed by atoms with Crippen molar-refractivity contribution in [3.63, 3.8) is 0 Å². The maximum absolute atomic E-state index is 12.4. The molecule has 0 spiro atoms. The van der Waals surface area contributed by atoms with Gasteiger partial charge < -0.3 is 14.6 Å². The largest absolute Gasteiger partial charge is 0.461 e. The van der Waals surface area contributed by atoms with Crippen LogP contribution in [0.15, 0.2) is 41.0 Å². The molecule has 1 aliphatic heterocycles. The summed E-state index contributed by atoms with van der Waals surface area (Å²) in [5, 5.41) is 2.94. The van der Waals surface area contributed by atoms with E-state index in [9.17, 15) is 9.59 Å². The fourth-order valence-corrected chi connectivity index (χ4v) is 2.85. The molecule has 0 saturated carbocycles. The molecule has 1 saturated heterocycles. The molecule has 0 aliphatic carbocycles. The third-order valence-electron chi connectivity index (χ3n) is 4.58. The average molecular weight is 341 g/mol. The number of nitrogens with zero attached hydrogens (tertiary/aromatic N) is 2. The summed E-state index contributed by atoms with van der Waals surface area (Å²) in [7, 11) is 0. The zero-order valence-electron chi connectivity index (χ0n) is 14.6. The van der Waals surface area contributed by atoms with Crippen LogP contribution in [0.3, 0.4) is 0 Å². The number of carbonyl (C=O) groups is 2. The first-order chi connectivity index (χ1) is 12.0. The number of furan rings is 1. The average Bonchev–Trinajstić information content (AvgIpc) is 3.13. The Labute approximate surface area is 147 Å². The van der Waals surface area contributed by atoms with Gasteiger partial charge in [-0.2, -0.15) is 0 Å². The van der Waals surface area contributed by atoms with Crippen molar-refractivity contribution in [2.45, 2.75) is 13.8 Å². The summed E-state index contributed by atoms with van der Waals surface area (Å²) in [6.07, 6.45) is 1.50. The molecule has 0 unspecified atom stereocenters. The molecule has 2 amide bonds. The Hall–Kier alpha value is -2.60. The van der Waals surface area contributed by atoms with Crippen LogP contribution in [0, 0.1) is 13.8 Å². The first-order valence-electron chi connectivity index (χ1n) is 8.45. The van der Waals surface area contributed by atoms with Gasteiger partial charge in [-0.3, -0.25) is 9.69 Å². The number of anilines is 1. The highest BCUT2D eigenvalue weighted by Gasteiger charge is 2.23. The molecule has 6 nitrogen and oxygen atoms in total. The molecular weight excluding hydrogens is 318 g/mol. The Balaban J connectivity index is 1.49. The smallest absolute Gasteiger partial charge is 0.321 e. The van der Waals surface area contributed by atoms with Gasteiger partial charge in [-0.1, -0.05) is 6.07 Å². The molecule has 1 aromatic heterocycles. The lowest BCUT2D eigenvalue weighted by molar-refractivity contribution is 0.0857. The third kappa shape index (κ3) is 4.28. The molecule has 25 heavy (non-hydrogen) atoms. The van der Waals surface area contributed by atoms with Crippen molar-refractivity contribution < 1.29 is 14.0 Å². The molecule has 1 aliphatic rings. The van der Waals surface area contributed by atoms with Crippen LogP contribution in [-0.4, -0.2) is 54.3 Å². The quantitative estimate of drug-likeness (QED) is 0.869. The highest BCUT2D eigenvalue weighted by molar-refractivity contribution is 5.95. The van der Waals surface area contributed by atoms with Gasteiger partial charge in [0, 0.05) is 31.9 Å². The minimum absolute atomic E-state index is 0.0296. The Morgan fingerprint density at radius 1 is 1.08 bits per heavy atom. The predicted octanol–water partition coefficient (Wildman–Crippen LogP) is 2.93. The number of hydrogen-bond acceptors (Lipinski definition) is 4. The Morgan fingerprint density at radius 2 is 1.84 bits per heavy atom. The molecular formula is C19H23N3O3. The highest BCUT2D eigenvalue weighted by Crippen LogP contribution is 2.15. The lowest BCUT2D eigenvalue weighted by Gasteiger charge is -2.34. The molecule has 0 bridgehead atoms. The van der Waals surface area contributed by atoms with Crippen LogP contribution in [-0.2, 0) is 0 Å². The van der Waals surface area contributed by atoms with Crippen LogP contribution < -0.4 is 5.32 Å². The van der Waals surface area contributed by atoms with Crippen molar-refractivity contribution >= 4 is 17.5 Å². The zero-order valence-corrected chi connectivity index (χ0v) is 14.6. The van der Waals surface area contributed by atoms with Gasteiger partial charge in [-0.15, -0.1) is 0 Å². The second kappa shape index (κ2) is 7.53. The number of piperazine rings is 1. The van der Waals surface area contributed by atoms with Gasteiger partial charge in [0.25, 0.3) is 0 Å². The Bertz CT molecular complexity index is 747. The standard InChI is InChI=1S/C19H23N3O3/c1-14-5-6-16(12-15(14)2)20-19(24)22-9-7-21(8-10-22)13-17(23)18-4-3-11-25-18/h3-6,11-12H,7-10,13H2,1-2H3,(H,20,24). The molecule has 6 heteroatoms. The molecule has 2 heterocycles. The van der Waals surface area contributed by atoms with E-state index in [-0.39, 0.29) is 11.8 Å².